The molecule has 8 heteroatoms. The van der Waals surface area contributed by atoms with Gasteiger partial charge >= 0.3 is 5.69 Å². The van der Waals surface area contributed by atoms with Crippen molar-refractivity contribution in [3.05, 3.63) is 21.6 Å². The molecule has 1 aliphatic rings. The Kier molecular flexibility index (Phi) is 4.86. The summed E-state index contributed by atoms with van der Waals surface area (Å²) < 4.78 is 0. The van der Waals surface area contributed by atoms with Crippen LogP contribution in [0.2, 0.25) is 5.28 Å². The van der Waals surface area contributed by atoms with Crippen molar-refractivity contribution in [2.75, 3.05) is 31.5 Å². The monoisotopic (exact) mass is 285 g/mol. The van der Waals surface area contributed by atoms with E-state index in [0.29, 0.717) is 6.54 Å². The number of hydrogen-bond donors (Lipinski definition) is 1. The second kappa shape index (κ2) is 6.63. The third-order valence-corrected chi connectivity index (χ3v) is 3.29. The van der Waals surface area contributed by atoms with E-state index in [1.54, 1.807) is 0 Å². The van der Waals surface area contributed by atoms with Gasteiger partial charge in [-0.25, -0.2) is 4.98 Å². The maximum atomic E-state index is 10.8. The molecule has 1 aromatic rings. The Morgan fingerprint density at radius 2 is 2.16 bits per heavy atom. The molecule has 1 fully saturated rings. The summed E-state index contributed by atoms with van der Waals surface area (Å²) in [5.41, 5.74) is -0.150. The minimum absolute atomic E-state index is 0.00562. The highest BCUT2D eigenvalue weighted by molar-refractivity contribution is 6.28. The van der Waals surface area contributed by atoms with Gasteiger partial charge in [-0.05, 0) is 37.5 Å². The molecular weight excluding hydrogens is 270 g/mol. The topological polar surface area (TPSA) is 84.2 Å². The summed E-state index contributed by atoms with van der Waals surface area (Å²) >= 11 is 5.65. The molecule has 19 heavy (non-hydrogen) atoms. The average molecular weight is 286 g/mol. The number of likely N-dealkylation sites (tertiary alicyclic amines) is 1. The molecule has 0 spiro atoms. The van der Waals surface area contributed by atoms with Crippen LogP contribution in [0.25, 0.3) is 0 Å². The van der Waals surface area contributed by atoms with Crippen molar-refractivity contribution >= 4 is 23.1 Å². The fourth-order valence-electron chi connectivity index (χ4n) is 2.13. The summed E-state index contributed by atoms with van der Waals surface area (Å²) in [5, 5.41) is 13.8. The van der Waals surface area contributed by atoms with Gasteiger partial charge in [-0.1, -0.05) is 6.42 Å². The van der Waals surface area contributed by atoms with Gasteiger partial charge in [0.2, 0.25) is 11.1 Å². The van der Waals surface area contributed by atoms with Crippen LogP contribution in [0, 0.1) is 10.1 Å². The van der Waals surface area contributed by atoms with Crippen molar-refractivity contribution in [3.8, 4) is 0 Å². The third-order valence-electron chi connectivity index (χ3n) is 3.11. The average Bonchev–Trinajstić information content (AvgIpc) is 2.39. The Balaban J connectivity index is 1.91. The number of nitrogens with zero attached hydrogens (tertiary/aromatic N) is 4. The van der Waals surface area contributed by atoms with Crippen LogP contribution in [0.4, 0.5) is 11.5 Å². The summed E-state index contributed by atoms with van der Waals surface area (Å²) in [6, 6.07) is 0. The Morgan fingerprint density at radius 3 is 2.84 bits per heavy atom. The first-order valence-corrected chi connectivity index (χ1v) is 6.68. The second-order valence-electron chi connectivity index (χ2n) is 4.46. The second-order valence-corrected chi connectivity index (χ2v) is 4.80. The van der Waals surface area contributed by atoms with Crippen molar-refractivity contribution in [2.45, 2.75) is 19.3 Å². The highest BCUT2D eigenvalue weighted by atomic mass is 35.5. The van der Waals surface area contributed by atoms with E-state index in [1.807, 2.05) is 0 Å². The fraction of sp³-hybridized carbons (Fsp3) is 0.636. The number of hydrogen-bond acceptors (Lipinski definition) is 6. The molecule has 0 aliphatic carbocycles. The van der Waals surface area contributed by atoms with Crippen LogP contribution in [0.1, 0.15) is 19.3 Å². The highest BCUT2D eigenvalue weighted by Crippen LogP contribution is 2.21. The molecular formula is C11H16ClN5O2. The van der Waals surface area contributed by atoms with E-state index >= 15 is 0 Å². The molecule has 104 valence electrons. The van der Waals surface area contributed by atoms with Crippen LogP contribution in [-0.4, -0.2) is 46.0 Å². The van der Waals surface area contributed by atoms with Crippen LogP contribution in [0.5, 0.6) is 0 Å². The molecule has 0 radical (unpaired) electrons. The van der Waals surface area contributed by atoms with Gasteiger partial charge in [0, 0.05) is 13.1 Å². The molecule has 0 aromatic carbocycles. The Labute approximate surface area is 116 Å². The van der Waals surface area contributed by atoms with Crippen molar-refractivity contribution in [2.24, 2.45) is 0 Å². The van der Waals surface area contributed by atoms with Crippen LogP contribution in [0.3, 0.4) is 0 Å². The van der Waals surface area contributed by atoms with Gasteiger partial charge in [-0.3, -0.25) is 10.1 Å². The zero-order valence-corrected chi connectivity index (χ0v) is 11.3. The van der Waals surface area contributed by atoms with E-state index in [-0.39, 0.29) is 16.8 Å². The minimum Gasteiger partial charge on any atom is -0.363 e. The van der Waals surface area contributed by atoms with Crippen LogP contribution in [0.15, 0.2) is 6.20 Å². The predicted molar refractivity (Wildman–Crippen MR) is 72.5 cm³/mol. The molecule has 1 N–H and O–H groups in total. The third kappa shape index (κ3) is 4.00. The quantitative estimate of drug-likeness (QED) is 0.505. The number of halogens is 1. The molecule has 7 nitrogen and oxygen atoms in total. The summed E-state index contributed by atoms with van der Waals surface area (Å²) in [7, 11) is 0. The van der Waals surface area contributed by atoms with Crippen LogP contribution >= 0.6 is 11.6 Å². The molecule has 0 bridgehead atoms. The zero-order chi connectivity index (χ0) is 13.7. The number of anilines is 1. The van der Waals surface area contributed by atoms with Crippen molar-refractivity contribution in [1.29, 1.82) is 0 Å². The first kappa shape index (κ1) is 14.0. The summed E-state index contributed by atoms with van der Waals surface area (Å²) in [6.45, 7) is 3.63. The van der Waals surface area contributed by atoms with E-state index < -0.39 is 4.92 Å². The van der Waals surface area contributed by atoms with Gasteiger partial charge < -0.3 is 10.2 Å². The number of rotatable bonds is 5. The van der Waals surface area contributed by atoms with Gasteiger partial charge in [0.1, 0.15) is 6.20 Å². The maximum absolute atomic E-state index is 10.8. The lowest BCUT2D eigenvalue weighted by Gasteiger charge is -2.26. The molecule has 1 saturated heterocycles. The van der Waals surface area contributed by atoms with Gasteiger partial charge in [-0.2, -0.15) is 4.98 Å². The zero-order valence-electron chi connectivity index (χ0n) is 10.5. The first-order valence-electron chi connectivity index (χ1n) is 6.30. The molecule has 2 heterocycles. The normalized spacial score (nSPS) is 16.3. The first-order chi connectivity index (χ1) is 9.16. The largest absolute Gasteiger partial charge is 0.363 e. The fourth-order valence-corrected chi connectivity index (χ4v) is 2.27. The summed E-state index contributed by atoms with van der Waals surface area (Å²) in [6.07, 6.45) is 4.86. The van der Waals surface area contributed by atoms with E-state index in [1.165, 1.54) is 19.3 Å². The van der Waals surface area contributed by atoms with Gasteiger partial charge in [0.25, 0.3) is 0 Å². The number of aromatic nitrogens is 2. The van der Waals surface area contributed by atoms with Gasteiger partial charge in [-0.15, -0.1) is 0 Å². The van der Waals surface area contributed by atoms with Crippen molar-refractivity contribution in [1.82, 2.24) is 14.9 Å². The number of piperidine rings is 1. The van der Waals surface area contributed by atoms with Crippen LogP contribution < -0.4 is 5.32 Å². The molecule has 1 aromatic heterocycles. The van der Waals surface area contributed by atoms with E-state index in [0.717, 1.165) is 25.8 Å². The maximum Gasteiger partial charge on any atom is 0.329 e. The molecule has 1 aliphatic heterocycles. The summed E-state index contributed by atoms with van der Waals surface area (Å²) in [4.78, 5) is 20.1. The van der Waals surface area contributed by atoms with E-state index in [4.69, 9.17) is 11.6 Å². The lowest BCUT2D eigenvalue weighted by atomic mass is 10.1. The van der Waals surface area contributed by atoms with Gasteiger partial charge in [0.05, 0.1) is 4.92 Å². The van der Waals surface area contributed by atoms with Crippen molar-refractivity contribution < 1.29 is 4.92 Å². The Morgan fingerprint density at radius 1 is 1.42 bits per heavy atom. The standard InChI is InChI=1S/C11H16ClN5O2/c12-11-14-8-9(17(18)19)10(15-11)13-4-7-16-5-2-1-3-6-16/h8H,1-7H2,(H,13,14,15). The summed E-state index contributed by atoms with van der Waals surface area (Å²) in [5.74, 6) is 0.182. The number of nitro groups is 1. The molecule has 0 atom stereocenters. The van der Waals surface area contributed by atoms with E-state index in [9.17, 15) is 10.1 Å². The molecule has 2 rings (SSSR count). The van der Waals surface area contributed by atoms with Crippen LogP contribution in [-0.2, 0) is 0 Å². The van der Waals surface area contributed by atoms with E-state index in [2.05, 4.69) is 20.2 Å². The molecule has 0 unspecified atom stereocenters. The molecule has 0 amide bonds. The smallest absolute Gasteiger partial charge is 0.329 e. The molecule has 0 saturated carbocycles. The minimum atomic E-state index is -0.514. The SMILES string of the molecule is O=[N+]([O-])c1cnc(Cl)nc1NCCN1CCCCC1. The van der Waals surface area contributed by atoms with Gasteiger partial charge in [0.15, 0.2) is 0 Å². The highest BCUT2D eigenvalue weighted by Gasteiger charge is 2.17. The Hall–Kier alpha value is -1.47. The lowest BCUT2D eigenvalue weighted by Crippen LogP contribution is -2.33. The lowest BCUT2D eigenvalue weighted by molar-refractivity contribution is -0.384. The van der Waals surface area contributed by atoms with Crippen molar-refractivity contribution in [3.63, 3.8) is 0 Å². The Bertz CT molecular complexity index is 451. The number of nitrogens with one attached hydrogen (secondary N) is 1. The predicted octanol–water partition coefficient (Wildman–Crippen LogP) is 1.94.